The van der Waals surface area contributed by atoms with Crippen molar-refractivity contribution in [1.82, 2.24) is 19.3 Å². The molecule has 0 aliphatic carbocycles. The third kappa shape index (κ3) is 3.52. The van der Waals surface area contributed by atoms with Crippen LogP contribution >= 0.6 is 0 Å². The number of carbonyl (C=O) groups is 1. The maximum absolute atomic E-state index is 12.9. The summed E-state index contributed by atoms with van der Waals surface area (Å²) in [6, 6.07) is 4.90. The molecule has 1 aromatic carbocycles. The highest BCUT2D eigenvalue weighted by Gasteiger charge is 2.31. The average molecular weight is 405 g/mol. The third-order valence-electron chi connectivity index (χ3n) is 4.58. The van der Waals surface area contributed by atoms with E-state index in [0.29, 0.717) is 17.8 Å². The molecule has 9 nitrogen and oxygen atoms in total. The Balaban J connectivity index is 1.56. The summed E-state index contributed by atoms with van der Waals surface area (Å²) in [5, 5.41) is 6.92. The van der Waals surface area contributed by atoms with Crippen LogP contribution in [0.2, 0.25) is 0 Å². The van der Waals surface area contributed by atoms with E-state index >= 15 is 0 Å². The Bertz CT molecular complexity index is 1220. The summed E-state index contributed by atoms with van der Waals surface area (Å²) in [5.74, 6) is -0.839. The summed E-state index contributed by atoms with van der Waals surface area (Å²) in [6.45, 7) is -0.276. The quantitative estimate of drug-likeness (QED) is 0.684. The van der Waals surface area contributed by atoms with Gasteiger partial charge in [0, 0.05) is 5.69 Å². The summed E-state index contributed by atoms with van der Waals surface area (Å²) in [6.07, 6.45) is 2.99. The molecule has 1 amide bonds. The van der Waals surface area contributed by atoms with Crippen LogP contribution < -0.4 is 10.9 Å². The maximum atomic E-state index is 12.9. The number of aromatic nitrogens is 4. The molecule has 1 fully saturated rings. The standard InChI is InChI=1S/C17H16FN5O4S/c18-11-1-3-12(4-2-11)21-15(24)8-22-10-19-16-14(17(22)25)7-20-23(16)13-5-6-28(26,27)9-13/h1-4,7,10,13H,5-6,8-9H2,(H,21,24)/t13-/m1/s1. The minimum atomic E-state index is -3.11. The van der Waals surface area contributed by atoms with Crippen molar-refractivity contribution in [3.63, 3.8) is 0 Å². The lowest BCUT2D eigenvalue weighted by molar-refractivity contribution is -0.116. The van der Waals surface area contributed by atoms with Gasteiger partial charge in [0.1, 0.15) is 24.1 Å². The number of hydrogen-bond acceptors (Lipinski definition) is 6. The molecule has 2 aromatic heterocycles. The topological polar surface area (TPSA) is 116 Å². The number of benzene rings is 1. The predicted molar refractivity (Wildman–Crippen MR) is 99.1 cm³/mol. The average Bonchev–Trinajstić information content (AvgIpc) is 3.22. The van der Waals surface area contributed by atoms with Gasteiger partial charge in [-0.25, -0.2) is 22.5 Å². The molecule has 146 valence electrons. The highest BCUT2D eigenvalue weighted by Crippen LogP contribution is 2.25. The molecule has 0 unspecified atom stereocenters. The monoisotopic (exact) mass is 405 g/mol. The number of anilines is 1. The van der Waals surface area contributed by atoms with E-state index in [0.717, 1.165) is 4.57 Å². The lowest BCUT2D eigenvalue weighted by Crippen LogP contribution is -2.28. The first-order chi connectivity index (χ1) is 13.3. The van der Waals surface area contributed by atoms with E-state index in [2.05, 4.69) is 15.4 Å². The molecule has 4 rings (SSSR count). The van der Waals surface area contributed by atoms with Gasteiger partial charge in [-0.2, -0.15) is 5.10 Å². The Morgan fingerprint density at radius 1 is 1.29 bits per heavy atom. The molecule has 11 heteroatoms. The predicted octanol–water partition coefficient (Wildman–Crippen LogP) is 0.730. The molecular weight excluding hydrogens is 389 g/mol. The molecule has 3 heterocycles. The second-order valence-electron chi connectivity index (χ2n) is 6.62. The number of nitrogens with zero attached hydrogens (tertiary/aromatic N) is 4. The number of nitrogens with one attached hydrogen (secondary N) is 1. The molecular formula is C17H16FN5O4S. The number of carbonyl (C=O) groups excluding carboxylic acids is 1. The lowest BCUT2D eigenvalue weighted by atomic mass is 10.3. The van der Waals surface area contributed by atoms with E-state index in [1.807, 2.05) is 0 Å². The van der Waals surface area contributed by atoms with Gasteiger partial charge in [0.25, 0.3) is 5.56 Å². The Hall–Kier alpha value is -3.08. The van der Waals surface area contributed by atoms with Gasteiger partial charge in [0.2, 0.25) is 5.91 Å². The fourth-order valence-corrected chi connectivity index (χ4v) is 4.90. The van der Waals surface area contributed by atoms with Gasteiger partial charge >= 0.3 is 0 Å². The van der Waals surface area contributed by atoms with Crippen LogP contribution in [0.25, 0.3) is 11.0 Å². The molecule has 0 radical (unpaired) electrons. The lowest BCUT2D eigenvalue weighted by Gasteiger charge is -2.10. The second-order valence-corrected chi connectivity index (χ2v) is 8.84. The summed E-state index contributed by atoms with van der Waals surface area (Å²) < 4.78 is 38.9. The summed E-state index contributed by atoms with van der Waals surface area (Å²) in [4.78, 5) is 29.0. The smallest absolute Gasteiger partial charge is 0.264 e. The fourth-order valence-electron chi connectivity index (χ4n) is 3.20. The van der Waals surface area contributed by atoms with Crippen molar-refractivity contribution in [2.75, 3.05) is 16.8 Å². The number of hydrogen-bond donors (Lipinski definition) is 1. The molecule has 0 saturated carbocycles. The number of fused-ring (bicyclic) bond motifs is 1. The van der Waals surface area contributed by atoms with Gasteiger partial charge in [0.05, 0.1) is 23.7 Å². The van der Waals surface area contributed by atoms with E-state index in [4.69, 9.17) is 0 Å². The van der Waals surface area contributed by atoms with Crippen LogP contribution in [0.3, 0.4) is 0 Å². The van der Waals surface area contributed by atoms with Gasteiger partial charge in [-0.05, 0) is 30.7 Å². The zero-order valence-corrected chi connectivity index (χ0v) is 15.4. The van der Waals surface area contributed by atoms with Gasteiger partial charge in [0.15, 0.2) is 15.5 Å². The molecule has 28 heavy (non-hydrogen) atoms. The van der Waals surface area contributed by atoms with Crippen LogP contribution in [0.5, 0.6) is 0 Å². The molecule has 1 atom stereocenters. The Labute approximate surface area is 158 Å². The van der Waals surface area contributed by atoms with Gasteiger partial charge < -0.3 is 5.32 Å². The number of halogens is 1. The van der Waals surface area contributed by atoms with Crippen molar-refractivity contribution in [3.8, 4) is 0 Å². The van der Waals surface area contributed by atoms with Crippen LogP contribution in [0.15, 0.2) is 41.6 Å². The second kappa shape index (κ2) is 6.82. The summed E-state index contributed by atoms with van der Waals surface area (Å²) in [5.41, 5.74) is 0.248. The van der Waals surface area contributed by atoms with Crippen LogP contribution in [-0.4, -0.2) is 45.2 Å². The van der Waals surface area contributed by atoms with Gasteiger partial charge in [-0.3, -0.25) is 14.2 Å². The number of amides is 1. The zero-order chi connectivity index (χ0) is 19.9. The van der Waals surface area contributed by atoms with Crippen molar-refractivity contribution >= 4 is 32.5 Å². The first-order valence-electron chi connectivity index (χ1n) is 8.51. The summed E-state index contributed by atoms with van der Waals surface area (Å²) >= 11 is 0. The number of sulfone groups is 1. The zero-order valence-electron chi connectivity index (χ0n) is 14.6. The molecule has 0 bridgehead atoms. The fraction of sp³-hybridized carbons (Fsp3) is 0.294. The van der Waals surface area contributed by atoms with Crippen LogP contribution in [0.1, 0.15) is 12.5 Å². The summed E-state index contributed by atoms with van der Waals surface area (Å²) in [7, 11) is -3.11. The Morgan fingerprint density at radius 2 is 2.04 bits per heavy atom. The minimum Gasteiger partial charge on any atom is -0.325 e. The van der Waals surface area contributed by atoms with Crippen molar-refractivity contribution < 1.29 is 17.6 Å². The molecule has 0 spiro atoms. The first kappa shape index (κ1) is 18.3. The third-order valence-corrected chi connectivity index (χ3v) is 6.33. The number of rotatable bonds is 4. The minimum absolute atomic E-state index is 0.0331. The highest BCUT2D eigenvalue weighted by atomic mass is 32.2. The highest BCUT2D eigenvalue weighted by molar-refractivity contribution is 7.91. The Kier molecular flexibility index (Phi) is 4.46. The van der Waals surface area contributed by atoms with E-state index in [1.165, 1.54) is 41.5 Å². The Morgan fingerprint density at radius 3 is 2.71 bits per heavy atom. The van der Waals surface area contributed by atoms with Crippen molar-refractivity contribution in [2.24, 2.45) is 0 Å². The molecule has 1 N–H and O–H groups in total. The van der Waals surface area contributed by atoms with Gasteiger partial charge in [-0.15, -0.1) is 0 Å². The van der Waals surface area contributed by atoms with Crippen LogP contribution in [-0.2, 0) is 21.2 Å². The van der Waals surface area contributed by atoms with Crippen molar-refractivity contribution in [1.29, 1.82) is 0 Å². The maximum Gasteiger partial charge on any atom is 0.264 e. The van der Waals surface area contributed by atoms with Crippen LogP contribution in [0.4, 0.5) is 10.1 Å². The van der Waals surface area contributed by atoms with Crippen molar-refractivity contribution in [2.45, 2.75) is 19.0 Å². The largest absolute Gasteiger partial charge is 0.325 e. The molecule has 3 aromatic rings. The molecule has 1 aliphatic rings. The molecule has 1 saturated heterocycles. The van der Waals surface area contributed by atoms with E-state index < -0.39 is 27.1 Å². The van der Waals surface area contributed by atoms with E-state index in [9.17, 15) is 22.4 Å². The normalized spacial score (nSPS) is 18.4. The van der Waals surface area contributed by atoms with Crippen LogP contribution in [0, 0.1) is 5.82 Å². The van der Waals surface area contributed by atoms with E-state index in [-0.39, 0.29) is 29.5 Å². The van der Waals surface area contributed by atoms with E-state index in [1.54, 1.807) is 0 Å². The van der Waals surface area contributed by atoms with Crippen molar-refractivity contribution in [3.05, 3.63) is 53.0 Å². The van der Waals surface area contributed by atoms with Gasteiger partial charge in [-0.1, -0.05) is 0 Å². The SMILES string of the molecule is O=C(Cn1cnc2c(cnn2[C@@H]2CCS(=O)(=O)C2)c1=O)Nc1ccc(F)cc1. The molecule has 1 aliphatic heterocycles. The first-order valence-corrected chi connectivity index (χ1v) is 10.3.